The maximum absolute atomic E-state index is 13.2. The van der Waals surface area contributed by atoms with Crippen molar-refractivity contribution in [1.29, 1.82) is 0 Å². The number of allylic oxidation sites excluding steroid dienone is 1. The average molecular weight is 488 g/mol. The van der Waals surface area contributed by atoms with Gasteiger partial charge in [-0.25, -0.2) is 9.97 Å². The van der Waals surface area contributed by atoms with Crippen LogP contribution >= 0.6 is 0 Å². The zero-order chi connectivity index (χ0) is 24.9. The quantitative estimate of drug-likeness (QED) is 0.508. The number of ether oxygens (including phenoxy) is 1. The lowest BCUT2D eigenvalue weighted by molar-refractivity contribution is 0.00154. The van der Waals surface area contributed by atoms with E-state index in [0.717, 1.165) is 80.2 Å². The number of hydrogen-bond donors (Lipinski definition) is 2. The van der Waals surface area contributed by atoms with Crippen LogP contribution in [0.25, 0.3) is 16.6 Å². The standard InChI is InChI=1S/C27H33N7O2/c1-3-22(28-4-2)24-7-10-29-27(32-24)30-20-5-6-23-19(17-20)18-25(31-23)26(35)34-11-8-21(9-12-34)33-13-15-36-16-14-33/h3-7,10,17-18,21,31H,8-9,11-16H2,1-2H3,(H,29,30,32)/b22-3-,28-4?. The van der Waals surface area contributed by atoms with Gasteiger partial charge in [0.15, 0.2) is 0 Å². The third-order valence-electron chi connectivity index (χ3n) is 6.88. The van der Waals surface area contributed by atoms with Gasteiger partial charge < -0.3 is 19.9 Å². The maximum atomic E-state index is 13.2. The van der Waals surface area contributed by atoms with E-state index >= 15 is 0 Å². The van der Waals surface area contributed by atoms with Crippen molar-refractivity contribution in [2.45, 2.75) is 32.7 Å². The number of fused-ring (bicyclic) bond motifs is 1. The van der Waals surface area contributed by atoms with E-state index in [4.69, 9.17) is 4.74 Å². The van der Waals surface area contributed by atoms with Crippen LogP contribution in [-0.4, -0.2) is 82.3 Å². The maximum Gasteiger partial charge on any atom is 0.270 e. The largest absolute Gasteiger partial charge is 0.379 e. The number of H-pyrrole nitrogens is 1. The number of anilines is 2. The van der Waals surface area contributed by atoms with E-state index in [1.54, 1.807) is 12.4 Å². The molecule has 9 nitrogen and oxygen atoms in total. The molecule has 2 saturated heterocycles. The Morgan fingerprint density at radius 3 is 2.69 bits per heavy atom. The monoisotopic (exact) mass is 487 g/mol. The summed E-state index contributed by atoms with van der Waals surface area (Å²) in [5.41, 5.74) is 3.95. The number of aromatic amines is 1. The number of benzene rings is 1. The number of likely N-dealkylation sites (tertiary alicyclic amines) is 1. The molecule has 0 spiro atoms. The second-order valence-electron chi connectivity index (χ2n) is 9.11. The van der Waals surface area contributed by atoms with E-state index in [0.29, 0.717) is 17.7 Å². The first-order valence-electron chi connectivity index (χ1n) is 12.6. The summed E-state index contributed by atoms with van der Waals surface area (Å²) in [4.78, 5) is 34.3. The van der Waals surface area contributed by atoms with Crippen molar-refractivity contribution in [2.24, 2.45) is 4.99 Å². The van der Waals surface area contributed by atoms with Crippen molar-refractivity contribution in [3.05, 3.63) is 54.0 Å². The number of piperidine rings is 1. The zero-order valence-corrected chi connectivity index (χ0v) is 20.9. The summed E-state index contributed by atoms with van der Waals surface area (Å²) >= 11 is 0. The summed E-state index contributed by atoms with van der Waals surface area (Å²) in [5.74, 6) is 0.556. The predicted molar refractivity (Wildman–Crippen MR) is 143 cm³/mol. The van der Waals surface area contributed by atoms with E-state index in [-0.39, 0.29) is 5.91 Å². The lowest BCUT2D eigenvalue weighted by atomic mass is 10.0. The molecule has 2 aliphatic heterocycles. The molecular weight excluding hydrogens is 454 g/mol. The molecule has 0 bridgehead atoms. The SMILES string of the molecule is CC=N/C(=C\C)c1ccnc(Nc2ccc3[nH]c(C(=O)N4CCC(N5CCOCC5)CC4)cc3c2)n1. The summed E-state index contributed by atoms with van der Waals surface area (Å²) in [7, 11) is 0. The lowest BCUT2D eigenvalue weighted by Crippen LogP contribution is -2.50. The number of hydrogen-bond acceptors (Lipinski definition) is 7. The molecule has 9 heteroatoms. The van der Waals surface area contributed by atoms with Crippen LogP contribution in [0.2, 0.25) is 0 Å². The molecule has 1 aromatic carbocycles. The Morgan fingerprint density at radius 1 is 1.14 bits per heavy atom. The topological polar surface area (TPSA) is 98.7 Å². The molecule has 2 N–H and O–H groups in total. The first-order valence-corrected chi connectivity index (χ1v) is 12.6. The zero-order valence-electron chi connectivity index (χ0n) is 20.9. The molecule has 3 aromatic rings. The number of rotatable bonds is 6. The van der Waals surface area contributed by atoms with Gasteiger partial charge in [-0.05, 0) is 57.0 Å². The highest BCUT2D eigenvalue weighted by atomic mass is 16.5. The molecule has 188 valence electrons. The summed E-state index contributed by atoms with van der Waals surface area (Å²) in [6, 6.07) is 10.3. The first-order chi connectivity index (χ1) is 17.6. The van der Waals surface area contributed by atoms with Gasteiger partial charge in [-0.1, -0.05) is 6.08 Å². The molecule has 2 aromatic heterocycles. The van der Waals surface area contributed by atoms with E-state index in [9.17, 15) is 4.79 Å². The molecule has 5 rings (SSSR count). The molecule has 0 unspecified atom stereocenters. The van der Waals surface area contributed by atoms with Crippen LogP contribution in [-0.2, 0) is 4.74 Å². The summed E-state index contributed by atoms with van der Waals surface area (Å²) < 4.78 is 5.48. The van der Waals surface area contributed by atoms with E-state index in [1.165, 1.54) is 0 Å². The molecule has 0 saturated carbocycles. The van der Waals surface area contributed by atoms with Gasteiger partial charge in [0.2, 0.25) is 5.95 Å². The number of nitrogens with zero attached hydrogens (tertiary/aromatic N) is 5. The second kappa shape index (κ2) is 11.0. The summed E-state index contributed by atoms with van der Waals surface area (Å²) in [6.45, 7) is 9.00. The van der Waals surface area contributed by atoms with Crippen LogP contribution in [0.5, 0.6) is 0 Å². The highest BCUT2D eigenvalue weighted by molar-refractivity contribution is 5.98. The Morgan fingerprint density at radius 2 is 1.94 bits per heavy atom. The average Bonchev–Trinajstić information content (AvgIpc) is 3.35. The lowest BCUT2D eigenvalue weighted by Gasteiger charge is -2.40. The fraction of sp³-hybridized carbons (Fsp3) is 0.407. The predicted octanol–water partition coefficient (Wildman–Crippen LogP) is 4.09. The highest BCUT2D eigenvalue weighted by Gasteiger charge is 2.28. The number of amides is 1. The highest BCUT2D eigenvalue weighted by Crippen LogP contribution is 2.25. The number of morpholine rings is 1. The number of nitrogens with one attached hydrogen (secondary N) is 2. The van der Waals surface area contributed by atoms with Crippen molar-refractivity contribution in [3.8, 4) is 0 Å². The van der Waals surface area contributed by atoms with Gasteiger partial charge in [0.1, 0.15) is 5.69 Å². The van der Waals surface area contributed by atoms with Gasteiger partial charge in [0, 0.05) is 61.2 Å². The minimum absolute atomic E-state index is 0.0625. The molecule has 4 heterocycles. The minimum Gasteiger partial charge on any atom is -0.379 e. The van der Waals surface area contributed by atoms with Crippen molar-refractivity contribution < 1.29 is 9.53 Å². The molecule has 0 atom stereocenters. The number of carbonyl (C=O) groups excluding carboxylic acids is 1. The number of aromatic nitrogens is 3. The van der Waals surface area contributed by atoms with Gasteiger partial charge >= 0.3 is 0 Å². The minimum atomic E-state index is 0.0625. The normalized spacial score (nSPS) is 18.3. The number of aliphatic imine (C=N–C) groups is 1. The smallest absolute Gasteiger partial charge is 0.270 e. The Hall–Kier alpha value is -3.56. The Labute approximate surface area is 211 Å². The molecule has 2 aliphatic rings. The first kappa shape index (κ1) is 24.1. The molecule has 2 fully saturated rings. The van der Waals surface area contributed by atoms with Gasteiger partial charge in [-0.15, -0.1) is 0 Å². The van der Waals surface area contributed by atoms with Crippen LogP contribution in [0.3, 0.4) is 0 Å². The molecule has 0 radical (unpaired) electrons. The fourth-order valence-electron chi connectivity index (χ4n) is 4.99. The van der Waals surface area contributed by atoms with Gasteiger partial charge in [0.05, 0.1) is 24.6 Å². The van der Waals surface area contributed by atoms with Crippen LogP contribution in [0, 0.1) is 0 Å². The van der Waals surface area contributed by atoms with E-state index in [2.05, 4.69) is 30.2 Å². The molecule has 0 aliphatic carbocycles. The van der Waals surface area contributed by atoms with Crippen molar-refractivity contribution in [2.75, 3.05) is 44.7 Å². The van der Waals surface area contributed by atoms with E-state index < -0.39 is 0 Å². The summed E-state index contributed by atoms with van der Waals surface area (Å²) in [5, 5.41) is 4.24. The van der Waals surface area contributed by atoms with E-state index in [1.807, 2.05) is 55.2 Å². The van der Waals surface area contributed by atoms with Crippen LogP contribution < -0.4 is 5.32 Å². The van der Waals surface area contributed by atoms with Crippen molar-refractivity contribution in [3.63, 3.8) is 0 Å². The second-order valence-corrected chi connectivity index (χ2v) is 9.11. The molecule has 1 amide bonds. The van der Waals surface area contributed by atoms with Gasteiger partial charge in [-0.3, -0.25) is 14.7 Å². The number of carbonyl (C=O) groups is 1. The summed E-state index contributed by atoms with van der Waals surface area (Å²) in [6.07, 6.45) is 7.40. The Bertz CT molecular complexity index is 1270. The third kappa shape index (κ3) is 5.32. The third-order valence-corrected chi connectivity index (χ3v) is 6.88. The van der Waals surface area contributed by atoms with Crippen molar-refractivity contribution in [1.82, 2.24) is 24.8 Å². The fourth-order valence-corrected chi connectivity index (χ4v) is 4.99. The van der Waals surface area contributed by atoms with Crippen LogP contribution in [0.4, 0.5) is 11.6 Å². The molecular formula is C27H33N7O2. The Kier molecular flexibility index (Phi) is 7.39. The van der Waals surface area contributed by atoms with Crippen LogP contribution in [0.1, 0.15) is 42.9 Å². The molecule has 36 heavy (non-hydrogen) atoms. The van der Waals surface area contributed by atoms with Gasteiger partial charge in [-0.2, -0.15) is 0 Å². The van der Waals surface area contributed by atoms with Crippen molar-refractivity contribution >= 4 is 40.4 Å². The van der Waals surface area contributed by atoms with Crippen LogP contribution in [0.15, 0.2) is 47.6 Å². The van der Waals surface area contributed by atoms with Gasteiger partial charge in [0.25, 0.3) is 5.91 Å². The Balaban J connectivity index is 1.25.